The number of allylic oxidation sites excluding steroid dienone is 1. The van der Waals surface area contributed by atoms with Crippen LogP contribution in [0.4, 0.5) is 0 Å². The third-order valence-corrected chi connectivity index (χ3v) is 0.568. The molecule has 2 heteroatoms. The van der Waals surface area contributed by atoms with Crippen molar-refractivity contribution in [2.75, 3.05) is 0 Å². The fraction of sp³-hybridized carbons (Fsp3) is 0.667. The van der Waals surface area contributed by atoms with Gasteiger partial charge >= 0.3 is 18.9 Å². The Bertz CT molecular complexity index is 71.1. The van der Waals surface area contributed by atoms with Gasteiger partial charge in [0, 0.05) is 0 Å². The van der Waals surface area contributed by atoms with Gasteiger partial charge in [-0.3, -0.25) is 0 Å². The molecule has 0 amide bonds. The molecule has 0 atom stereocenters. The van der Waals surface area contributed by atoms with Crippen molar-refractivity contribution in [3.63, 3.8) is 0 Å². The molecule has 42 valence electrons. The predicted octanol–water partition coefficient (Wildman–Crippen LogP) is -2.29. The Morgan fingerprint density at radius 2 is 1.75 bits per heavy atom. The van der Waals surface area contributed by atoms with Crippen LogP contribution in [-0.4, -0.2) is 5.60 Å². The summed E-state index contributed by atoms with van der Waals surface area (Å²) in [6, 6.07) is 0. The van der Waals surface area contributed by atoms with Crippen molar-refractivity contribution in [2.45, 2.75) is 26.4 Å². The van der Waals surface area contributed by atoms with Crippen LogP contribution in [0.5, 0.6) is 0 Å². The van der Waals surface area contributed by atoms with Crippen molar-refractivity contribution in [1.29, 1.82) is 0 Å². The van der Waals surface area contributed by atoms with E-state index in [2.05, 4.69) is 0 Å². The molecule has 0 heterocycles. The molecule has 0 radical (unpaired) electrons. The van der Waals surface area contributed by atoms with Gasteiger partial charge in [0.05, 0.1) is 0 Å². The van der Waals surface area contributed by atoms with Crippen molar-refractivity contribution >= 4 is 0 Å². The van der Waals surface area contributed by atoms with E-state index in [0.717, 1.165) is 0 Å². The zero-order chi connectivity index (χ0) is 5.91. The normalized spacial score (nSPS) is 11.5. The van der Waals surface area contributed by atoms with Crippen LogP contribution in [0.25, 0.3) is 0 Å². The monoisotopic (exact) mass is 106 g/mol. The minimum Gasteiger partial charge on any atom is -0.847 e. The van der Waals surface area contributed by atoms with Gasteiger partial charge in [0.2, 0.25) is 0 Å². The Hall–Kier alpha value is 0.297. The molecule has 1 nitrogen and oxygen atoms in total. The third kappa shape index (κ3) is 9.57. The molecule has 0 spiro atoms. The number of rotatable bonds is 1. The molecular formula is C6H11LiO. The van der Waals surface area contributed by atoms with Gasteiger partial charge in [-0.05, 0) is 6.92 Å². The predicted molar refractivity (Wildman–Crippen MR) is 28.9 cm³/mol. The van der Waals surface area contributed by atoms with Crippen LogP contribution >= 0.6 is 0 Å². The van der Waals surface area contributed by atoms with Crippen molar-refractivity contribution in [3.8, 4) is 0 Å². The Balaban J connectivity index is 0. The maximum Gasteiger partial charge on any atom is 1.00 e. The summed E-state index contributed by atoms with van der Waals surface area (Å²) < 4.78 is 0. The minimum absolute atomic E-state index is 0. The molecule has 0 saturated carbocycles. The molecule has 0 bridgehead atoms. The summed E-state index contributed by atoms with van der Waals surface area (Å²) in [5, 5.41) is 10.6. The van der Waals surface area contributed by atoms with Gasteiger partial charge in [0.1, 0.15) is 0 Å². The molecule has 0 aromatic carbocycles. The van der Waals surface area contributed by atoms with Crippen LogP contribution in [0.1, 0.15) is 20.8 Å². The van der Waals surface area contributed by atoms with Crippen molar-refractivity contribution in [1.82, 2.24) is 0 Å². The Labute approximate surface area is 63.0 Å². The van der Waals surface area contributed by atoms with Gasteiger partial charge in [0.15, 0.2) is 0 Å². The van der Waals surface area contributed by atoms with E-state index in [1.54, 1.807) is 26.0 Å². The van der Waals surface area contributed by atoms with Crippen LogP contribution in [0.3, 0.4) is 0 Å². The Kier molecular flexibility index (Phi) is 5.85. The summed E-state index contributed by atoms with van der Waals surface area (Å²) in [6.07, 6.45) is 3.40. The van der Waals surface area contributed by atoms with E-state index in [1.807, 2.05) is 6.92 Å². The first kappa shape index (κ1) is 11.1. The van der Waals surface area contributed by atoms with E-state index in [0.29, 0.717) is 0 Å². The van der Waals surface area contributed by atoms with E-state index in [9.17, 15) is 5.11 Å². The molecule has 0 fully saturated rings. The summed E-state index contributed by atoms with van der Waals surface area (Å²) in [5.41, 5.74) is -0.880. The van der Waals surface area contributed by atoms with Crippen molar-refractivity contribution in [2.24, 2.45) is 0 Å². The summed E-state index contributed by atoms with van der Waals surface area (Å²) >= 11 is 0. The average molecular weight is 106 g/mol. The molecule has 0 aromatic rings. The van der Waals surface area contributed by atoms with Crippen LogP contribution in [0, 0.1) is 0 Å². The quantitative estimate of drug-likeness (QED) is 0.272. The van der Waals surface area contributed by atoms with Crippen LogP contribution in [0.15, 0.2) is 12.2 Å². The fourth-order valence-electron chi connectivity index (χ4n) is 0.401. The first-order valence-corrected chi connectivity index (χ1v) is 2.40. The van der Waals surface area contributed by atoms with Gasteiger partial charge in [0.25, 0.3) is 0 Å². The van der Waals surface area contributed by atoms with Gasteiger partial charge in [-0.25, -0.2) is 0 Å². The van der Waals surface area contributed by atoms with Gasteiger partial charge in [-0.15, -0.1) is 5.60 Å². The van der Waals surface area contributed by atoms with E-state index >= 15 is 0 Å². The second-order valence-electron chi connectivity index (χ2n) is 2.10. The average Bonchev–Trinajstić information content (AvgIpc) is 1.30. The van der Waals surface area contributed by atoms with Crippen molar-refractivity contribution < 1.29 is 24.0 Å². The molecule has 0 aliphatic heterocycles. The number of hydrogen-bond acceptors (Lipinski definition) is 1. The first-order chi connectivity index (χ1) is 3.06. The zero-order valence-electron chi connectivity index (χ0n) is 6.06. The molecule has 0 saturated heterocycles. The zero-order valence-corrected chi connectivity index (χ0v) is 6.06. The topological polar surface area (TPSA) is 23.1 Å². The molecule has 0 aliphatic rings. The van der Waals surface area contributed by atoms with Crippen molar-refractivity contribution in [3.05, 3.63) is 12.2 Å². The molecule has 8 heavy (non-hydrogen) atoms. The second-order valence-corrected chi connectivity index (χ2v) is 2.10. The van der Waals surface area contributed by atoms with Crippen LogP contribution < -0.4 is 24.0 Å². The molecule has 0 rings (SSSR count). The maximum atomic E-state index is 10.6. The van der Waals surface area contributed by atoms with Gasteiger partial charge < -0.3 is 5.11 Å². The van der Waals surface area contributed by atoms with Crippen LogP contribution in [-0.2, 0) is 0 Å². The van der Waals surface area contributed by atoms with E-state index in [1.165, 1.54) is 0 Å². The Morgan fingerprint density at radius 1 is 1.38 bits per heavy atom. The van der Waals surface area contributed by atoms with Gasteiger partial charge in [-0.2, -0.15) is 0 Å². The first-order valence-electron chi connectivity index (χ1n) is 2.40. The largest absolute Gasteiger partial charge is 1.00 e. The molecular weight excluding hydrogens is 95.0 g/mol. The Morgan fingerprint density at radius 3 is 1.75 bits per heavy atom. The second kappa shape index (κ2) is 4.20. The van der Waals surface area contributed by atoms with E-state index in [-0.39, 0.29) is 18.9 Å². The number of hydrogen-bond donors (Lipinski definition) is 0. The summed E-state index contributed by atoms with van der Waals surface area (Å²) in [5.74, 6) is 0. The van der Waals surface area contributed by atoms with Crippen LogP contribution in [0.2, 0.25) is 0 Å². The fourth-order valence-corrected chi connectivity index (χ4v) is 0.401. The molecule has 0 aromatic heterocycles. The summed E-state index contributed by atoms with van der Waals surface area (Å²) in [7, 11) is 0. The SMILES string of the molecule is C/C=C\C(C)(C)[O-].[Li+]. The maximum absolute atomic E-state index is 10.6. The standard InChI is InChI=1S/C6H11O.Li/c1-4-5-6(2,3)7;/h4-5H,1-3H3;/q-1;+1/b5-4-;. The third-order valence-electron chi connectivity index (χ3n) is 0.568. The van der Waals surface area contributed by atoms with Gasteiger partial charge in [-0.1, -0.05) is 26.0 Å². The molecule has 0 N–H and O–H groups in total. The molecule has 0 unspecified atom stereocenters. The van der Waals surface area contributed by atoms with E-state index in [4.69, 9.17) is 0 Å². The summed E-state index contributed by atoms with van der Waals surface area (Å²) in [4.78, 5) is 0. The molecule has 0 aliphatic carbocycles. The van der Waals surface area contributed by atoms with E-state index < -0.39 is 5.60 Å². The smallest absolute Gasteiger partial charge is 0.847 e. The summed E-state index contributed by atoms with van der Waals surface area (Å²) in [6.45, 7) is 5.11. The minimum atomic E-state index is -0.880.